The number of hydrogen-bond acceptors (Lipinski definition) is 0. The normalized spacial score (nSPS) is 13.3. The molecule has 49 heavy (non-hydrogen) atoms. The van der Waals surface area contributed by atoms with E-state index in [2.05, 4.69) is 184 Å². The van der Waals surface area contributed by atoms with Crippen LogP contribution in [0.5, 0.6) is 0 Å². The molecule has 0 heterocycles. The van der Waals surface area contributed by atoms with Gasteiger partial charge in [-0.25, -0.2) is 0 Å². The lowest BCUT2D eigenvalue weighted by atomic mass is 9.79. The van der Waals surface area contributed by atoms with Crippen LogP contribution < -0.4 is 0 Å². The Labute approximate surface area is 286 Å². The minimum absolute atomic E-state index is 0.0808. The Morgan fingerprint density at radius 1 is 0.347 bits per heavy atom. The molecular weight excluding hydrogens is 589 g/mol. The van der Waals surface area contributed by atoms with Gasteiger partial charge in [0.2, 0.25) is 0 Å². The third kappa shape index (κ3) is 4.11. The Kier molecular flexibility index (Phi) is 6.02. The molecule has 0 radical (unpaired) electrons. The first-order chi connectivity index (χ1) is 24.1. The van der Waals surface area contributed by atoms with Gasteiger partial charge in [-0.2, -0.15) is 0 Å². The first kappa shape index (κ1) is 28.1. The Morgan fingerprint density at radius 3 is 1.63 bits per heavy atom. The Morgan fingerprint density at radius 2 is 0.878 bits per heavy atom. The molecule has 0 fully saturated rings. The van der Waals surface area contributed by atoms with Crippen molar-refractivity contribution in [2.75, 3.05) is 0 Å². The summed E-state index contributed by atoms with van der Waals surface area (Å²) in [6, 6.07) is 63.0. The molecule has 1 aliphatic rings. The van der Waals surface area contributed by atoms with Crippen LogP contribution in [-0.4, -0.2) is 0 Å². The van der Waals surface area contributed by atoms with Crippen molar-refractivity contribution in [1.29, 1.82) is 0 Å². The van der Waals surface area contributed by atoms with Gasteiger partial charge in [0, 0.05) is 5.41 Å². The standard InChI is InChI=1S/C49H34/c1-49(2)44-30-36(26-27-39(44)42-28-24-33-13-7-9-17-38(33)48(42)49)31-20-22-35(23-21-31)45-40-18-10-11-19-41(40)46(34-14-4-3-5-15-34)47-37-16-8-6-12-32(37)25-29-43(45)47/h3-30H,1-2H3. The lowest BCUT2D eigenvalue weighted by Crippen LogP contribution is -2.15. The molecule has 0 heteroatoms. The smallest absolute Gasteiger partial charge is 0.0165 e. The fraction of sp³-hybridized carbons (Fsp3) is 0.0612. The van der Waals surface area contributed by atoms with Crippen LogP contribution in [0.2, 0.25) is 0 Å². The zero-order chi connectivity index (χ0) is 32.7. The summed E-state index contributed by atoms with van der Waals surface area (Å²) >= 11 is 0. The zero-order valence-electron chi connectivity index (χ0n) is 27.7. The monoisotopic (exact) mass is 622 g/mol. The van der Waals surface area contributed by atoms with E-state index >= 15 is 0 Å². The van der Waals surface area contributed by atoms with Gasteiger partial charge in [-0.05, 0) is 105 Å². The second kappa shape index (κ2) is 10.5. The topological polar surface area (TPSA) is 0 Å². The molecule has 0 unspecified atom stereocenters. The third-order valence-corrected chi connectivity index (χ3v) is 11.0. The molecule has 0 saturated heterocycles. The number of fused-ring (bicyclic) bond motifs is 9. The summed E-state index contributed by atoms with van der Waals surface area (Å²) < 4.78 is 0. The second-order valence-electron chi connectivity index (χ2n) is 14.0. The van der Waals surface area contributed by atoms with Gasteiger partial charge in [-0.1, -0.05) is 178 Å². The fourth-order valence-electron chi connectivity index (χ4n) is 8.77. The lowest BCUT2D eigenvalue weighted by Gasteiger charge is -2.23. The van der Waals surface area contributed by atoms with Gasteiger partial charge in [0.1, 0.15) is 0 Å². The molecule has 0 aromatic heterocycles. The zero-order valence-corrected chi connectivity index (χ0v) is 27.7. The number of hydrogen-bond donors (Lipinski definition) is 0. The van der Waals surface area contributed by atoms with Crippen molar-refractivity contribution < 1.29 is 0 Å². The van der Waals surface area contributed by atoms with E-state index in [9.17, 15) is 0 Å². The van der Waals surface area contributed by atoms with Crippen molar-refractivity contribution in [3.05, 3.63) is 181 Å². The summed E-state index contributed by atoms with van der Waals surface area (Å²) in [4.78, 5) is 0. The predicted molar refractivity (Wildman–Crippen MR) is 210 cm³/mol. The summed E-state index contributed by atoms with van der Waals surface area (Å²) in [6.07, 6.45) is 0. The molecule has 10 rings (SSSR count). The fourth-order valence-corrected chi connectivity index (χ4v) is 8.77. The van der Waals surface area contributed by atoms with Crippen LogP contribution in [0, 0.1) is 0 Å². The van der Waals surface area contributed by atoms with Crippen LogP contribution in [0.15, 0.2) is 170 Å². The molecule has 230 valence electrons. The minimum atomic E-state index is -0.0808. The van der Waals surface area contributed by atoms with Crippen molar-refractivity contribution >= 4 is 43.1 Å². The summed E-state index contributed by atoms with van der Waals surface area (Å²) in [5.74, 6) is 0. The van der Waals surface area contributed by atoms with Crippen LogP contribution >= 0.6 is 0 Å². The molecule has 0 nitrogen and oxygen atoms in total. The molecule has 0 aliphatic heterocycles. The van der Waals surface area contributed by atoms with Crippen LogP contribution in [0.1, 0.15) is 25.0 Å². The Balaban J connectivity index is 1.15. The highest BCUT2D eigenvalue weighted by Crippen LogP contribution is 2.52. The highest BCUT2D eigenvalue weighted by atomic mass is 14.4. The predicted octanol–water partition coefficient (Wildman–Crippen LogP) is 13.6. The van der Waals surface area contributed by atoms with E-state index in [1.54, 1.807) is 0 Å². The van der Waals surface area contributed by atoms with Crippen molar-refractivity contribution in [3.8, 4) is 44.5 Å². The van der Waals surface area contributed by atoms with Crippen LogP contribution in [0.4, 0.5) is 0 Å². The maximum absolute atomic E-state index is 2.44. The minimum Gasteiger partial charge on any atom is -0.0622 e. The highest BCUT2D eigenvalue weighted by molar-refractivity contribution is 6.27. The van der Waals surface area contributed by atoms with E-state index in [-0.39, 0.29) is 5.41 Å². The van der Waals surface area contributed by atoms with Crippen LogP contribution in [0.3, 0.4) is 0 Å². The molecule has 1 aliphatic carbocycles. The van der Waals surface area contributed by atoms with Crippen molar-refractivity contribution in [3.63, 3.8) is 0 Å². The van der Waals surface area contributed by atoms with Crippen LogP contribution in [-0.2, 0) is 5.41 Å². The first-order valence-corrected chi connectivity index (χ1v) is 17.3. The van der Waals surface area contributed by atoms with Crippen molar-refractivity contribution in [2.45, 2.75) is 19.3 Å². The molecular formula is C49H34. The lowest BCUT2D eigenvalue weighted by molar-refractivity contribution is 0.666. The molecule has 9 aromatic rings. The molecule has 0 atom stereocenters. The summed E-state index contributed by atoms with van der Waals surface area (Å²) in [7, 11) is 0. The van der Waals surface area contributed by atoms with Gasteiger partial charge < -0.3 is 0 Å². The van der Waals surface area contributed by atoms with Crippen molar-refractivity contribution in [1.82, 2.24) is 0 Å². The maximum Gasteiger partial charge on any atom is 0.0165 e. The van der Waals surface area contributed by atoms with E-state index in [0.717, 1.165) is 0 Å². The molecule has 0 bridgehead atoms. The van der Waals surface area contributed by atoms with Crippen molar-refractivity contribution in [2.24, 2.45) is 0 Å². The largest absolute Gasteiger partial charge is 0.0622 e. The third-order valence-electron chi connectivity index (χ3n) is 11.0. The van der Waals surface area contributed by atoms with Gasteiger partial charge in [0.05, 0.1) is 0 Å². The van der Waals surface area contributed by atoms with Gasteiger partial charge in [-0.15, -0.1) is 0 Å². The van der Waals surface area contributed by atoms with E-state index in [4.69, 9.17) is 0 Å². The van der Waals surface area contributed by atoms with E-state index in [1.807, 2.05) is 0 Å². The SMILES string of the molecule is CC1(C)c2cc(-c3ccc(-c4c5ccccc5c(-c5ccccc5)c5c4ccc4ccccc45)cc3)ccc2-c2ccc3ccccc3c21. The van der Waals surface area contributed by atoms with E-state index < -0.39 is 0 Å². The second-order valence-corrected chi connectivity index (χ2v) is 14.0. The summed E-state index contributed by atoms with van der Waals surface area (Å²) in [6.45, 7) is 4.77. The van der Waals surface area contributed by atoms with Gasteiger partial charge in [0.25, 0.3) is 0 Å². The molecule has 0 spiro atoms. The summed E-state index contributed by atoms with van der Waals surface area (Å²) in [5, 5.41) is 10.4. The van der Waals surface area contributed by atoms with Gasteiger partial charge in [0.15, 0.2) is 0 Å². The van der Waals surface area contributed by atoms with Gasteiger partial charge >= 0.3 is 0 Å². The Hall–Kier alpha value is -5.98. The molecule has 9 aromatic carbocycles. The maximum atomic E-state index is 2.44. The molecule has 0 amide bonds. The van der Waals surface area contributed by atoms with E-state index in [0.29, 0.717) is 0 Å². The average Bonchev–Trinajstić information content (AvgIpc) is 3.40. The number of rotatable bonds is 3. The molecule has 0 saturated carbocycles. The average molecular weight is 623 g/mol. The highest BCUT2D eigenvalue weighted by Gasteiger charge is 2.37. The summed E-state index contributed by atoms with van der Waals surface area (Å²) in [5.41, 5.74) is 13.1. The number of benzene rings is 9. The first-order valence-electron chi connectivity index (χ1n) is 17.3. The van der Waals surface area contributed by atoms with Gasteiger partial charge in [-0.3, -0.25) is 0 Å². The molecule has 0 N–H and O–H groups in total. The Bertz CT molecular complexity index is 2760. The van der Waals surface area contributed by atoms with Crippen LogP contribution in [0.25, 0.3) is 87.6 Å². The van der Waals surface area contributed by atoms with E-state index in [1.165, 1.54) is 98.7 Å². The quantitative estimate of drug-likeness (QED) is 0.136.